The van der Waals surface area contributed by atoms with Gasteiger partial charge in [-0.15, -0.1) is 0 Å². The number of amides is 1. The molecule has 1 aromatic heterocycles. The van der Waals surface area contributed by atoms with Crippen LogP contribution in [0.1, 0.15) is 28.0 Å². The zero-order valence-corrected chi connectivity index (χ0v) is 11.5. The molecule has 0 spiro atoms. The normalized spacial score (nSPS) is 12.0. The van der Waals surface area contributed by atoms with Crippen molar-refractivity contribution in [3.63, 3.8) is 0 Å². The third kappa shape index (κ3) is 3.41. The van der Waals surface area contributed by atoms with Gasteiger partial charge in [0.25, 0.3) is 11.5 Å². The van der Waals surface area contributed by atoms with E-state index < -0.39 is 23.5 Å². The molecule has 1 atom stereocenters. The van der Waals surface area contributed by atoms with Crippen LogP contribution in [-0.2, 0) is 11.8 Å². The number of rotatable bonds is 5. The van der Waals surface area contributed by atoms with E-state index >= 15 is 0 Å². The van der Waals surface area contributed by atoms with Gasteiger partial charge < -0.3 is 15.5 Å². The second-order valence-corrected chi connectivity index (χ2v) is 4.41. The zero-order chi connectivity index (χ0) is 15.4. The summed E-state index contributed by atoms with van der Waals surface area (Å²) in [6.07, 6.45) is -1.68. The molecule has 0 saturated heterocycles. The fourth-order valence-corrected chi connectivity index (χ4v) is 1.65. The molecule has 0 aliphatic carbocycles. The summed E-state index contributed by atoms with van der Waals surface area (Å²) >= 11 is 0. The van der Waals surface area contributed by atoms with E-state index in [1.165, 1.54) is 7.05 Å². The Labute approximate surface area is 115 Å². The number of nitrogens with zero attached hydrogens (tertiary/aromatic N) is 2. The molecule has 1 amide bonds. The molecule has 1 rings (SSSR count). The van der Waals surface area contributed by atoms with Crippen molar-refractivity contribution < 1.29 is 19.8 Å². The van der Waals surface area contributed by atoms with Gasteiger partial charge in [-0.3, -0.25) is 9.59 Å². The largest absolute Gasteiger partial charge is 0.479 e. The molecular weight excluding hydrogens is 266 g/mol. The van der Waals surface area contributed by atoms with Crippen LogP contribution in [0.15, 0.2) is 4.79 Å². The van der Waals surface area contributed by atoms with Crippen LogP contribution in [-0.4, -0.2) is 44.5 Å². The van der Waals surface area contributed by atoms with Crippen molar-refractivity contribution in [3.8, 4) is 0 Å². The lowest BCUT2D eigenvalue weighted by Crippen LogP contribution is -2.36. The molecule has 0 aliphatic heterocycles. The first-order chi connectivity index (χ1) is 9.25. The number of aliphatic hydroxyl groups is 1. The highest BCUT2D eigenvalue weighted by Crippen LogP contribution is 2.05. The fourth-order valence-electron chi connectivity index (χ4n) is 1.65. The average Bonchev–Trinajstić information content (AvgIpc) is 2.36. The number of hydrogen-bond acceptors (Lipinski definition) is 5. The smallest absolute Gasteiger partial charge is 0.332 e. The van der Waals surface area contributed by atoms with Crippen molar-refractivity contribution >= 4 is 11.9 Å². The first-order valence-corrected chi connectivity index (χ1v) is 5.99. The minimum Gasteiger partial charge on any atom is -0.479 e. The SMILES string of the molecule is Cc1nn(C)c(=O)c(C(=O)NCCC(O)C(=O)O)c1C. The summed E-state index contributed by atoms with van der Waals surface area (Å²) in [4.78, 5) is 34.3. The van der Waals surface area contributed by atoms with Crippen LogP contribution in [0.25, 0.3) is 0 Å². The van der Waals surface area contributed by atoms with Gasteiger partial charge in [0.05, 0.1) is 5.69 Å². The third-order valence-corrected chi connectivity index (χ3v) is 2.94. The number of carbonyl (C=O) groups is 2. The molecule has 0 aliphatic rings. The molecule has 1 heterocycles. The first kappa shape index (κ1) is 15.8. The van der Waals surface area contributed by atoms with Crippen LogP contribution in [0.3, 0.4) is 0 Å². The molecule has 0 aromatic carbocycles. The quantitative estimate of drug-likeness (QED) is 0.634. The molecule has 1 aromatic rings. The number of aryl methyl sites for hydroxylation is 2. The van der Waals surface area contributed by atoms with Gasteiger partial charge in [-0.1, -0.05) is 0 Å². The minimum atomic E-state index is -1.54. The first-order valence-electron chi connectivity index (χ1n) is 5.99. The topological polar surface area (TPSA) is 122 Å². The van der Waals surface area contributed by atoms with Crippen LogP contribution in [0.2, 0.25) is 0 Å². The van der Waals surface area contributed by atoms with Crippen molar-refractivity contribution in [2.45, 2.75) is 26.4 Å². The van der Waals surface area contributed by atoms with Crippen molar-refractivity contribution in [1.82, 2.24) is 15.1 Å². The molecule has 1 unspecified atom stereocenters. The lowest BCUT2D eigenvalue weighted by atomic mass is 10.1. The van der Waals surface area contributed by atoms with Gasteiger partial charge in [-0.05, 0) is 19.4 Å². The lowest BCUT2D eigenvalue weighted by molar-refractivity contribution is -0.146. The zero-order valence-electron chi connectivity index (χ0n) is 11.5. The Kier molecular flexibility index (Phi) is 4.98. The van der Waals surface area contributed by atoms with Gasteiger partial charge in [0.15, 0.2) is 6.10 Å². The van der Waals surface area contributed by atoms with E-state index in [2.05, 4.69) is 10.4 Å². The molecule has 8 nitrogen and oxygen atoms in total. The van der Waals surface area contributed by atoms with E-state index in [1.54, 1.807) is 13.8 Å². The monoisotopic (exact) mass is 283 g/mol. The summed E-state index contributed by atoms with van der Waals surface area (Å²) in [5.41, 5.74) is 0.487. The second-order valence-electron chi connectivity index (χ2n) is 4.41. The summed E-state index contributed by atoms with van der Waals surface area (Å²) < 4.78 is 1.07. The van der Waals surface area contributed by atoms with Crippen LogP contribution >= 0.6 is 0 Å². The van der Waals surface area contributed by atoms with E-state index in [1.807, 2.05) is 0 Å². The molecular formula is C12H17N3O5. The number of nitrogens with one attached hydrogen (secondary N) is 1. The highest BCUT2D eigenvalue weighted by Gasteiger charge is 2.18. The Balaban J connectivity index is 2.84. The molecule has 0 fully saturated rings. The van der Waals surface area contributed by atoms with Crippen molar-refractivity contribution in [2.75, 3.05) is 6.54 Å². The maximum Gasteiger partial charge on any atom is 0.332 e. The predicted molar refractivity (Wildman–Crippen MR) is 69.5 cm³/mol. The summed E-state index contributed by atoms with van der Waals surface area (Å²) in [5, 5.41) is 24.0. The van der Waals surface area contributed by atoms with Gasteiger partial charge in [0.1, 0.15) is 5.56 Å². The lowest BCUT2D eigenvalue weighted by Gasteiger charge is -2.11. The van der Waals surface area contributed by atoms with Gasteiger partial charge in [0, 0.05) is 20.0 Å². The Morgan fingerprint density at radius 2 is 2.00 bits per heavy atom. The molecule has 3 N–H and O–H groups in total. The second kappa shape index (κ2) is 6.29. The van der Waals surface area contributed by atoms with Gasteiger partial charge in [0.2, 0.25) is 0 Å². The van der Waals surface area contributed by atoms with Gasteiger partial charge in [-0.2, -0.15) is 5.10 Å². The van der Waals surface area contributed by atoms with E-state index in [9.17, 15) is 14.4 Å². The Morgan fingerprint density at radius 1 is 1.40 bits per heavy atom. The highest BCUT2D eigenvalue weighted by molar-refractivity contribution is 5.95. The predicted octanol–water partition coefficient (Wildman–Crippen LogP) is -1.04. The fraction of sp³-hybridized carbons (Fsp3) is 0.500. The average molecular weight is 283 g/mol. The van der Waals surface area contributed by atoms with E-state index in [-0.39, 0.29) is 18.5 Å². The number of aromatic nitrogens is 2. The standard InChI is InChI=1S/C12H17N3O5/c1-6-7(2)14-15(3)11(18)9(6)10(17)13-5-4-8(16)12(19)20/h8,16H,4-5H2,1-3H3,(H,13,17)(H,19,20). The third-order valence-electron chi connectivity index (χ3n) is 2.94. The van der Waals surface area contributed by atoms with E-state index in [0.29, 0.717) is 11.3 Å². The molecule has 110 valence electrons. The summed E-state index contributed by atoms with van der Waals surface area (Å²) in [6.45, 7) is 3.25. The Morgan fingerprint density at radius 3 is 2.55 bits per heavy atom. The molecule has 20 heavy (non-hydrogen) atoms. The minimum absolute atomic E-state index is 0.0233. The molecule has 8 heteroatoms. The maximum atomic E-state index is 12.0. The van der Waals surface area contributed by atoms with E-state index in [0.717, 1.165) is 4.68 Å². The Hall–Kier alpha value is -2.22. The van der Waals surface area contributed by atoms with E-state index in [4.69, 9.17) is 10.2 Å². The number of aliphatic hydroxyl groups excluding tert-OH is 1. The Bertz CT molecular complexity index is 593. The highest BCUT2D eigenvalue weighted by atomic mass is 16.4. The summed E-state index contributed by atoms with van der Waals surface area (Å²) in [6, 6.07) is 0. The number of hydrogen-bond donors (Lipinski definition) is 3. The van der Waals surface area contributed by atoms with Gasteiger partial charge >= 0.3 is 5.97 Å². The van der Waals surface area contributed by atoms with Crippen molar-refractivity contribution in [3.05, 3.63) is 27.2 Å². The molecule has 0 radical (unpaired) electrons. The number of carboxylic acid groups (broad SMARTS) is 1. The van der Waals surface area contributed by atoms with Gasteiger partial charge in [-0.25, -0.2) is 9.48 Å². The van der Waals surface area contributed by atoms with Crippen LogP contribution in [0, 0.1) is 13.8 Å². The van der Waals surface area contributed by atoms with Crippen LogP contribution < -0.4 is 10.9 Å². The maximum absolute atomic E-state index is 12.0. The van der Waals surface area contributed by atoms with Crippen molar-refractivity contribution in [2.24, 2.45) is 7.05 Å². The van der Waals surface area contributed by atoms with Crippen LogP contribution in [0.5, 0.6) is 0 Å². The summed E-state index contributed by atoms with van der Waals surface area (Å²) in [5.74, 6) is -1.96. The summed E-state index contributed by atoms with van der Waals surface area (Å²) in [7, 11) is 1.44. The van der Waals surface area contributed by atoms with Crippen molar-refractivity contribution in [1.29, 1.82) is 0 Å². The number of carboxylic acids is 1. The molecule has 0 bridgehead atoms. The number of carbonyl (C=O) groups excluding carboxylic acids is 1. The molecule has 0 saturated carbocycles. The van der Waals surface area contributed by atoms with Crippen LogP contribution in [0.4, 0.5) is 0 Å². The number of aliphatic carboxylic acids is 1.